The Kier molecular flexibility index (Phi) is 11.4. The molecule has 45 heavy (non-hydrogen) atoms. The van der Waals surface area contributed by atoms with E-state index in [0.717, 1.165) is 37.6 Å². The molecule has 2 atom stereocenters. The molecule has 1 aromatic carbocycles. The fourth-order valence-electron chi connectivity index (χ4n) is 5.17. The summed E-state index contributed by atoms with van der Waals surface area (Å²) < 4.78 is 59.7. The molecule has 2 aliphatic heterocycles. The van der Waals surface area contributed by atoms with Crippen LogP contribution in [0.2, 0.25) is 0 Å². The molecule has 2 saturated heterocycles. The number of nitrogens with one attached hydrogen (secondary N) is 1. The molecule has 5 rings (SSSR count). The van der Waals surface area contributed by atoms with Gasteiger partial charge in [-0.15, -0.1) is 0 Å². The standard InChI is InChI=1S/C30H40N3O9PS2/c1-4-23(18-37-2)41-25-14-21(15-26(16-25)42-24-9-10-27(31-17-24)45(3,35)36)29(34)33-30-32-22(20-44-30)19-43(39-12-7-13-40-43)28-8-5-6-11-38-28/h9-10,14-17,20,23,28,43H,4-8,11-13,18-19H2,1-3H3,(H,32,33,34)/t23-,28?/m0/s1. The van der Waals surface area contributed by atoms with Crippen LogP contribution in [-0.2, 0) is 34.5 Å². The molecule has 4 heterocycles. The average Bonchev–Trinajstić information content (AvgIpc) is 3.47. The third-order valence-corrected chi connectivity index (χ3v) is 12.9. The van der Waals surface area contributed by atoms with E-state index in [1.54, 1.807) is 25.3 Å². The van der Waals surface area contributed by atoms with Crippen molar-refractivity contribution in [2.75, 3.05) is 45.1 Å². The Morgan fingerprint density at radius 1 is 1.11 bits per heavy atom. The first-order valence-corrected chi connectivity index (χ1v) is 19.8. The number of anilines is 1. The van der Waals surface area contributed by atoms with Crippen molar-refractivity contribution in [1.29, 1.82) is 0 Å². The molecule has 0 aliphatic carbocycles. The Morgan fingerprint density at radius 3 is 2.58 bits per heavy atom. The maximum atomic E-state index is 13.5. The van der Waals surface area contributed by atoms with Gasteiger partial charge < -0.3 is 4.74 Å². The Labute approximate surface area is 268 Å². The Bertz CT molecular complexity index is 1540. The van der Waals surface area contributed by atoms with Crippen LogP contribution in [0.1, 0.15) is 55.1 Å². The molecule has 0 spiro atoms. The fraction of sp³-hybridized carbons (Fsp3) is 0.500. The summed E-state index contributed by atoms with van der Waals surface area (Å²) in [7, 11) is -4.54. The number of sulfone groups is 1. The van der Waals surface area contributed by atoms with Crippen LogP contribution in [0.5, 0.6) is 17.2 Å². The fourth-order valence-corrected chi connectivity index (χ4v) is 10.2. The van der Waals surface area contributed by atoms with Gasteiger partial charge in [-0.05, 0) is 6.07 Å². The molecule has 1 amide bonds. The second-order valence-electron chi connectivity index (χ2n) is 11.0. The number of ether oxygens (including phenoxy) is 4. The molecule has 0 bridgehead atoms. The van der Waals surface area contributed by atoms with Crippen LogP contribution in [0, 0.1) is 0 Å². The second-order valence-corrected chi connectivity index (χ2v) is 17.0. The summed E-state index contributed by atoms with van der Waals surface area (Å²) in [6.07, 6.45) is 7.31. The van der Waals surface area contributed by atoms with Gasteiger partial charge >= 0.3 is 209 Å². The molecule has 12 nitrogen and oxygen atoms in total. The summed E-state index contributed by atoms with van der Waals surface area (Å²) in [5.41, 5.74) is 1.09. The van der Waals surface area contributed by atoms with Crippen molar-refractivity contribution >= 4 is 39.9 Å². The second kappa shape index (κ2) is 15.3. The maximum absolute atomic E-state index is 13.5. The first-order chi connectivity index (χ1) is 21.7. The number of thiazole rings is 1. The molecule has 3 aromatic rings. The first kappa shape index (κ1) is 33.6. The van der Waals surface area contributed by atoms with Crippen LogP contribution >= 0.6 is 19.1 Å². The summed E-state index contributed by atoms with van der Waals surface area (Å²) in [6, 6.07) is 7.72. The molecule has 2 aromatic heterocycles. The van der Waals surface area contributed by atoms with Gasteiger partial charge in [0.15, 0.2) is 14.9 Å². The van der Waals surface area contributed by atoms with Gasteiger partial charge in [-0.1, -0.05) is 6.92 Å². The number of benzene rings is 1. The third kappa shape index (κ3) is 8.97. The van der Waals surface area contributed by atoms with Crippen LogP contribution in [0.4, 0.5) is 5.13 Å². The van der Waals surface area contributed by atoms with E-state index >= 15 is 0 Å². The topological polar surface area (TPSA) is 144 Å². The summed E-state index contributed by atoms with van der Waals surface area (Å²) in [5.74, 6) is 0.589. The van der Waals surface area contributed by atoms with Crippen LogP contribution in [-0.4, -0.2) is 76.0 Å². The summed E-state index contributed by atoms with van der Waals surface area (Å²) >= 11 is 1.33. The minimum absolute atomic E-state index is 0.0321. The van der Waals surface area contributed by atoms with Crippen LogP contribution in [0.3, 0.4) is 0 Å². The first-order valence-electron chi connectivity index (χ1n) is 15.0. The molecule has 246 valence electrons. The normalized spacial score (nSPS) is 19.8. The number of carbonyl (C=O) groups is 1. The minimum atomic E-state index is -3.46. The number of aromatic nitrogens is 2. The molecule has 2 fully saturated rings. The predicted octanol–water partition coefficient (Wildman–Crippen LogP) is 5.83. The van der Waals surface area contributed by atoms with Gasteiger partial charge in [0.05, 0.1) is 0 Å². The van der Waals surface area contributed by atoms with Gasteiger partial charge in [0.1, 0.15) is 0 Å². The molecular formula is C30H40N3O9PS2. The van der Waals surface area contributed by atoms with Crippen molar-refractivity contribution in [1.82, 2.24) is 9.97 Å². The summed E-state index contributed by atoms with van der Waals surface area (Å²) in [5, 5.41) is 5.20. The van der Waals surface area contributed by atoms with E-state index in [0.29, 0.717) is 61.4 Å². The molecular weight excluding hydrogens is 641 g/mol. The molecule has 0 saturated carbocycles. The van der Waals surface area contributed by atoms with E-state index in [-0.39, 0.29) is 22.5 Å². The SMILES string of the molecule is CC[C@@H](COC)Oc1cc(Oc2ccc(S(C)(=O)=O)nc2)cc(C(=O)Nc2nc(C[PH]3(C4CCCCO4)OCCCO3)cs2)c1. The summed E-state index contributed by atoms with van der Waals surface area (Å²) in [6.45, 7) is 4.37. The van der Waals surface area contributed by atoms with Crippen molar-refractivity contribution in [3.05, 3.63) is 53.2 Å². The van der Waals surface area contributed by atoms with Crippen molar-refractivity contribution in [3.8, 4) is 17.2 Å². The van der Waals surface area contributed by atoms with Gasteiger partial charge in [-0.2, -0.15) is 0 Å². The van der Waals surface area contributed by atoms with Gasteiger partial charge in [0.25, 0.3) is 0 Å². The monoisotopic (exact) mass is 681 g/mol. The van der Waals surface area contributed by atoms with Crippen molar-refractivity contribution in [2.24, 2.45) is 0 Å². The zero-order chi connectivity index (χ0) is 31.9. The van der Waals surface area contributed by atoms with Crippen LogP contribution < -0.4 is 14.8 Å². The van der Waals surface area contributed by atoms with E-state index in [2.05, 4.69) is 10.3 Å². The van der Waals surface area contributed by atoms with Crippen molar-refractivity contribution in [3.63, 3.8) is 0 Å². The Morgan fingerprint density at radius 2 is 1.91 bits per heavy atom. The molecule has 15 heteroatoms. The number of hydrogen-bond acceptors (Lipinski definition) is 12. The summed E-state index contributed by atoms with van der Waals surface area (Å²) in [4.78, 5) is 22.2. The van der Waals surface area contributed by atoms with Crippen molar-refractivity contribution < 1.29 is 41.2 Å². The molecule has 2 aliphatic rings. The molecule has 1 unspecified atom stereocenters. The van der Waals surface area contributed by atoms with E-state index < -0.39 is 23.5 Å². The van der Waals surface area contributed by atoms with Gasteiger partial charge in [-0.3, -0.25) is 0 Å². The zero-order valence-corrected chi connectivity index (χ0v) is 28.3. The van der Waals surface area contributed by atoms with E-state index in [9.17, 15) is 13.2 Å². The molecule has 1 N–H and O–H groups in total. The quantitative estimate of drug-likeness (QED) is 0.218. The number of pyridine rings is 1. The third-order valence-electron chi connectivity index (χ3n) is 7.43. The Hall–Kier alpha value is -2.71. The zero-order valence-electron chi connectivity index (χ0n) is 25.7. The number of methoxy groups -OCH3 is 1. The predicted molar refractivity (Wildman–Crippen MR) is 173 cm³/mol. The number of nitrogens with zero attached hydrogens (tertiary/aromatic N) is 2. The van der Waals surface area contributed by atoms with Gasteiger partial charge in [0.2, 0.25) is 0 Å². The molecule has 0 radical (unpaired) electrons. The van der Waals surface area contributed by atoms with Crippen LogP contribution in [0.15, 0.2) is 46.9 Å². The van der Waals surface area contributed by atoms with E-state index in [1.165, 1.54) is 29.7 Å². The van der Waals surface area contributed by atoms with E-state index in [4.69, 9.17) is 33.0 Å². The van der Waals surface area contributed by atoms with Gasteiger partial charge in [-0.25, -0.2) is 13.4 Å². The number of rotatable bonds is 13. The average molecular weight is 682 g/mol. The van der Waals surface area contributed by atoms with Crippen molar-refractivity contribution in [2.45, 2.75) is 62.2 Å². The van der Waals surface area contributed by atoms with Crippen LogP contribution in [0.25, 0.3) is 0 Å². The van der Waals surface area contributed by atoms with Gasteiger partial charge in [0, 0.05) is 13.4 Å². The van der Waals surface area contributed by atoms with E-state index in [1.807, 2.05) is 12.3 Å². The number of amides is 1. The number of carbonyl (C=O) groups excluding carboxylic acids is 1. The Balaban J connectivity index is 1.34. The number of hydrogen-bond donors (Lipinski definition) is 1.